The summed E-state index contributed by atoms with van der Waals surface area (Å²) < 4.78 is 0. The van der Waals surface area contributed by atoms with Crippen LogP contribution in [0.5, 0.6) is 0 Å². The number of hydrogen-bond acceptors (Lipinski definition) is 5. The van der Waals surface area contributed by atoms with Gasteiger partial charge in [0.1, 0.15) is 5.82 Å². The van der Waals surface area contributed by atoms with Gasteiger partial charge in [-0.25, -0.2) is 9.97 Å². The van der Waals surface area contributed by atoms with E-state index in [-0.39, 0.29) is 16.7 Å². The number of nitrogens with two attached hydrogens (primary N) is 1. The van der Waals surface area contributed by atoms with Crippen LogP contribution in [-0.2, 0) is 6.42 Å². The molecule has 3 N–H and O–H groups in total. The Bertz CT molecular complexity index is 626. The third-order valence-corrected chi connectivity index (χ3v) is 3.80. The van der Waals surface area contributed by atoms with E-state index < -0.39 is 0 Å². The Morgan fingerprint density at radius 1 is 1.58 bits per heavy atom. The maximum Gasteiger partial charge on any atom is 0.259 e. The molecule has 0 aliphatic carbocycles. The third-order valence-electron chi connectivity index (χ3n) is 2.57. The average molecular weight is 297 g/mol. The lowest BCUT2D eigenvalue weighted by Crippen LogP contribution is -2.13. The summed E-state index contributed by atoms with van der Waals surface area (Å²) >= 11 is 7.36. The molecular formula is C12H13ClN4OS. The predicted molar refractivity (Wildman–Crippen MR) is 77.8 cm³/mol. The highest BCUT2D eigenvalue weighted by Crippen LogP contribution is 2.24. The molecule has 2 rings (SSSR count). The lowest BCUT2D eigenvalue weighted by Gasteiger charge is -2.04. The molecule has 2 heterocycles. The lowest BCUT2D eigenvalue weighted by atomic mass is 10.2. The summed E-state index contributed by atoms with van der Waals surface area (Å²) in [5, 5.41) is 3.54. The number of carbonyl (C=O) groups excluding carboxylic acids is 1. The number of halogens is 1. The Hall–Kier alpha value is -1.66. The van der Waals surface area contributed by atoms with Crippen LogP contribution in [0.1, 0.15) is 27.9 Å². The lowest BCUT2D eigenvalue weighted by molar-refractivity contribution is 0.102. The van der Waals surface area contributed by atoms with Gasteiger partial charge in [0, 0.05) is 11.1 Å². The SMILES string of the molecule is CCc1nc(NC(=O)c2cc(N)ncc2Cl)sc1C. The Morgan fingerprint density at radius 3 is 2.95 bits per heavy atom. The van der Waals surface area contributed by atoms with E-state index >= 15 is 0 Å². The van der Waals surface area contributed by atoms with Crippen molar-refractivity contribution in [2.24, 2.45) is 0 Å². The van der Waals surface area contributed by atoms with Crippen LogP contribution in [-0.4, -0.2) is 15.9 Å². The molecule has 0 saturated carbocycles. The summed E-state index contributed by atoms with van der Waals surface area (Å²) in [5.41, 5.74) is 6.82. The van der Waals surface area contributed by atoms with Gasteiger partial charge in [0.2, 0.25) is 0 Å². The summed E-state index contributed by atoms with van der Waals surface area (Å²) in [7, 11) is 0. The number of nitrogen functional groups attached to an aromatic ring is 1. The summed E-state index contributed by atoms with van der Waals surface area (Å²) in [5.74, 6) is -0.0883. The number of hydrogen-bond donors (Lipinski definition) is 2. The van der Waals surface area contributed by atoms with Crippen molar-refractivity contribution >= 4 is 39.8 Å². The minimum atomic E-state index is -0.337. The van der Waals surface area contributed by atoms with Crippen molar-refractivity contribution in [3.63, 3.8) is 0 Å². The van der Waals surface area contributed by atoms with Crippen molar-refractivity contribution in [3.05, 3.63) is 33.4 Å². The Labute approximate surface area is 119 Å². The van der Waals surface area contributed by atoms with Gasteiger partial charge in [-0.2, -0.15) is 0 Å². The first kappa shape index (κ1) is 13.8. The van der Waals surface area contributed by atoms with Crippen LogP contribution in [0.15, 0.2) is 12.3 Å². The van der Waals surface area contributed by atoms with E-state index in [2.05, 4.69) is 15.3 Å². The molecule has 0 aliphatic rings. The number of aryl methyl sites for hydroxylation is 2. The van der Waals surface area contributed by atoms with Gasteiger partial charge < -0.3 is 5.73 Å². The zero-order valence-corrected chi connectivity index (χ0v) is 12.1. The number of anilines is 2. The minimum Gasteiger partial charge on any atom is -0.384 e. The first-order valence-corrected chi connectivity index (χ1v) is 6.89. The van der Waals surface area contributed by atoms with Gasteiger partial charge >= 0.3 is 0 Å². The fourth-order valence-electron chi connectivity index (χ4n) is 1.60. The van der Waals surface area contributed by atoms with E-state index in [4.69, 9.17) is 17.3 Å². The van der Waals surface area contributed by atoms with E-state index in [1.54, 1.807) is 0 Å². The molecular weight excluding hydrogens is 284 g/mol. The average Bonchev–Trinajstić information content (AvgIpc) is 2.72. The molecule has 0 aromatic carbocycles. The molecule has 0 saturated heterocycles. The molecule has 0 radical (unpaired) electrons. The quantitative estimate of drug-likeness (QED) is 0.912. The van der Waals surface area contributed by atoms with Gasteiger partial charge in [-0.1, -0.05) is 18.5 Å². The van der Waals surface area contributed by atoms with Crippen LogP contribution in [0.3, 0.4) is 0 Å². The molecule has 0 unspecified atom stereocenters. The van der Waals surface area contributed by atoms with Gasteiger partial charge in [-0.15, -0.1) is 11.3 Å². The van der Waals surface area contributed by atoms with Crippen molar-refractivity contribution in [3.8, 4) is 0 Å². The minimum absolute atomic E-state index is 0.249. The van der Waals surface area contributed by atoms with Gasteiger partial charge in [0.05, 0.1) is 16.3 Å². The van der Waals surface area contributed by atoms with E-state index in [1.165, 1.54) is 23.6 Å². The van der Waals surface area contributed by atoms with Crippen molar-refractivity contribution < 1.29 is 4.79 Å². The Morgan fingerprint density at radius 2 is 2.32 bits per heavy atom. The van der Waals surface area contributed by atoms with Gasteiger partial charge in [0.15, 0.2) is 5.13 Å². The van der Waals surface area contributed by atoms with Crippen molar-refractivity contribution in [1.29, 1.82) is 0 Å². The monoisotopic (exact) mass is 296 g/mol. The number of rotatable bonds is 3. The Balaban J connectivity index is 2.22. The van der Waals surface area contributed by atoms with Gasteiger partial charge in [-0.3, -0.25) is 10.1 Å². The number of pyridine rings is 1. The molecule has 0 aliphatic heterocycles. The van der Waals surface area contributed by atoms with Crippen LogP contribution in [0.2, 0.25) is 5.02 Å². The van der Waals surface area contributed by atoms with Crippen molar-refractivity contribution in [1.82, 2.24) is 9.97 Å². The smallest absolute Gasteiger partial charge is 0.259 e. The summed E-state index contributed by atoms with van der Waals surface area (Å²) in [4.78, 5) is 21.3. The molecule has 2 aromatic rings. The molecule has 0 fully saturated rings. The third kappa shape index (κ3) is 3.02. The van der Waals surface area contributed by atoms with Crippen LogP contribution in [0, 0.1) is 6.92 Å². The predicted octanol–water partition coefficient (Wildman–Crippen LogP) is 2.90. The number of nitrogens with one attached hydrogen (secondary N) is 1. The molecule has 0 spiro atoms. The van der Waals surface area contributed by atoms with Crippen LogP contribution < -0.4 is 11.1 Å². The largest absolute Gasteiger partial charge is 0.384 e. The van der Waals surface area contributed by atoms with Crippen molar-refractivity contribution in [2.75, 3.05) is 11.1 Å². The van der Waals surface area contributed by atoms with E-state index in [1.807, 2.05) is 13.8 Å². The highest BCUT2D eigenvalue weighted by Gasteiger charge is 2.14. The zero-order valence-electron chi connectivity index (χ0n) is 10.5. The van der Waals surface area contributed by atoms with Gasteiger partial charge in [0.25, 0.3) is 5.91 Å². The maximum atomic E-state index is 12.1. The molecule has 19 heavy (non-hydrogen) atoms. The molecule has 100 valence electrons. The highest BCUT2D eigenvalue weighted by molar-refractivity contribution is 7.15. The molecule has 1 amide bonds. The zero-order chi connectivity index (χ0) is 14.0. The van der Waals surface area contributed by atoms with Crippen LogP contribution >= 0.6 is 22.9 Å². The molecule has 7 heteroatoms. The summed E-state index contributed by atoms with van der Waals surface area (Å²) in [6.07, 6.45) is 2.19. The molecule has 0 bridgehead atoms. The second-order valence-corrected chi connectivity index (χ2v) is 5.53. The number of nitrogens with zero attached hydrogens (tertiary/aromatic N) is 2. The van der Waals surface area contributed by atoms with E-state index in [0.717, 1.165) is 17.0 Å². The van der Waals surface area contributed by atoms with Crippen LogP contribution in [0.4, 0.5) is 10.9 Å². The van der Waals surface area contributed by atoms with Gasteiger partial charge in [-0.05, 0) is 19.4 Å². The number of aromatic nitrogens is 2. The summed E-state index contributed by atoms with van der Waals surface area (Å²) in [6, 6.07) is 1.44. The van der Waals surface area contributed by atoms with Crippen LogP contribution in [0.25, 0.3) is 0 Å². The number of carbonyl (C=O) groups is 1. The van der Waals surface area contributed by atoms with Crippen molar-refractivity contribution in [2.45, 2.75) is 20.3 Å². The first-order chi connectivity index (χ1) is 9.01. The summed E-state index contributed by atoms with van der Waals surface area (Å²) in [6.45, 7) is 4.00. The molecule has 0 atom stereocenters. The topological polar surface area (TPSA) is 80.9 Å². The maximum absolute atomic E-state index is 12.1. The molecule has 2 aromatic heterocycles. The second-order valence-electron chi connectivity index (χ2n) is 3.92. The standard InChI is InChI=1S/C12H13ClN4OS/c1-3-9-6(2)19-12(16-9)17-11(18)7-4-10(14)15-5-8(7)13/h4-5H,3H2,1-2H3,(H2,14,15)(H,16,17,18). The number of amides is 1. The fourth-order valence-corrected chi connectivity index (χ4v) is 2.69. The van der Waals surface area contributed by atoms with E-state index in [9.17, 15) is 4.79 Å². The van der Waals surface area contributed by atoms with E-state index in [0.29, 0.717) is 10.7 Å². The fraction of sp³-hybridized carbons (Fsp3) is 0.250. The normalized spacial score (nSPS) is 10.5. The first-order valence-electron chi connectivity index (χ1n) is 5.70. The highest BCUT2D eigenvalue weighted by atomic mass is 35.5. The number of thiazole rings is 1. The molecule has 5 nitrogen and oxygen atoms in total. The Kier molecular flexibility index (Phi) is 4.01. The second kappa shape index (κ2) is 5.54.